The number of rotatable bonds is 7. The first-order valence-corrected chi connectivity index (χ1v) is 14.0. The lowest BCUT2D eigenvalue weighted by atomic mass is 10.0. The van der Waals surface area contributed by atoms with E-state index in [1.165, 1.54) is 5.30 Å². The Kier molecular flexibility index (Phi) is 7.89. The summed E-state index contributed by atoms with van der Waals surface area (Å²) in [4.78, 5) is 0. The van der Waals surface area contributed by atoms with E-state index in [0.717, 1.165) is 11.7 Å². The van der Waals surface area contributed by atoms with E-state index < -0.39 is 6.19 Å². The summed E-state index contributed by atoms with van der Waals surface area (Å²) >= 11 is 18.9. The highest BCUT2D eigenvalue weighted by Crippen LogP contribution is 2.48. The van der Waals surface area contributed by atoms with Gasteiger partial charge in [0.05, 0.1) is 0 Å². The lowest BCUT2D eigenvalue weighted by Crippen LogP contribution is -2.29. The lowest BCUT2D eigenvalue weighted by Gasteiger charge is -2.33. The van der Waals surface area contributed by atoms with E-state index >= 15 is 0 Å². The number of halogens is 2. The van der Waals surface area contributed by atoms with Gasteiger partial charge in [-0.05, 0) is 65.8 Å². The largest absolute Gasteiger partial charge is 0.457 e. The van der Waals surface area contributed by atoms with Gasteiger partial charge in [-0.15, -0.1) is 0 Å². The zero-order chi connectivity index (χ0) is 22.6. The molecule has 1 N–H and O–H groups in total. The van der Waals surface area contributed by atoms with Crippen LogP contribution in [0.4, 0.5) is 0 Å². The SMILES string of the molecule is CC(NP(=S)(CC(C)(C)C)c1ccccc1)c1ccc(Oc2ccc(Cl)cc2)cc1Cl. The summed E-state index contributed by atoms with van der Waals surface area (Å²) in [6.45, 7) is 8.82. The third-order valence-electron chi connectivity index (χ3n) is 4.76. The van der Waals surface area contributed by atoms with Crippen molar-refractivity contribution in [1.82, 2.24) is 5.09 Å². The molecule has 0 aliphatic rings. The van der Waals surface area contributed by atoms with Crippen molar-refractivity contribution in [2.75, 3.05) is 6.16 Å². The van der Waals surface area contributed by atoms with Crippen molar-refractivity contribution < 1.29 is 4.74 Å². The van der Waals surface area contributed by atoms with Gasteiger partial charge in [-0.3, -0.25) is 5.09 Å². The van der Waals surface area contributed by atoms with E-state index in [0.29, 0.717) is 21.5 Å². The van der Waals surface area contributed by atoms with E-state index in [1.54, 1.807) is 12.1 Å². The zero-order valence-corrected chi connectivity index (χ0v) is 21.5. The Morgan fingerprint density at radius 2 is 1.55 bits per heavy atom. The van der Waals surface area contributed by atoms with Gasteiger partial charge >= 0.3 is 0 Å². The standard InChI is InChI=1S/C25H28Cl2NOPS/c1-18(28-30(31,17-25(2,3)4)22-8-6-5-7-9-22)23-15-14-21(16-24(23)27)29-20-12-10-19(26)11-13-20/h5-16,18H,17H2,1-4H3,(H,28,31). The lowest BCUT2D eigenvalue weighted by molar-refractivity contribution is 0.475. The normalized spacial score (nSPS) is 14.6. The molecular weight excluding hydrogens is 464 g/mol. The molecule has 0 aromatic heterocycles. The third-order valence-corrected chi connectivity index (χ3v) is 10.0. The predicted octanol–water partition coefficient (Wildman–Crippen LogP) is 8.20. The number of nitrogens with one attached hydrogen (secondary N) is 1. The molecule has 0 saturated carbocycles. The van der Waals surface area contributed by atoms with Crippen molar-refractivity contribution in [3.63, 3.8) is 0 Å². The molecule has 3 aromatic rings. The molecule has 6 heteroatoms. The zero-order valence-electron chi connectivity index (χ0n) is 18.2. The molecule has 0 amide bonds. The Morgan fingerprint density at radius 3 is 2.13 bits per heavy atom. The maximum Gasteiger partial charge on any atom is 0.128 e. The smallest absolute Gasteiger partial charge is 0.128 e. The van der Waals surface area contributed by atoms with E-state index in [1.807, 2.05) is 36.4 Å². The molecule has 2 nitrogen and oxygen atoms in total. The van der Waals surface area contributed by atoms with Crippen molar-refractivity contribution in [2.45, 2.75) is 33.7 Å². The summed E-state index contributed by atoms with van der Waals surface area (Å²) in [5, 5.41) is 6.31. The Balaban J connectivity index is 1.82. The second kappa shape index (κ2) is 10.1. The molecule has 164 valence electrons. The Bertz CT molecular complexity index is 1070. The van der Waals surface area contributed by atoms with Gasteiger partial charge in [-0.25, -0.2) is 0 Å². The minimum absolute atomic E-state index is 0.00507. The summed E-state index contributed by atoms with van der Waals surface area (Å²) in [6, 6.07) is 23.5. The molecule has 0 aliphatic carbocycles. The maximum absolute atomic E-state index is 6.66. The van der Waals surface area contributed by atoms with Gasteiger partial charge in [0.25, 0.3) is 0 Å². The van der Waals surface area contributed by atoms with E-state index in [-0.39, 0.29) is 11.5 Å². The van der Waals surface area contributed by atoms with Crippen LogP contribution >= 0.6 is 29.4 Å². The first-order valence-electron chi connectivity index (χ1n) is 10.2. The maximum atomic E-state index is 6.66. The monoisotopic (exact) mass is 491 g/mol. The molecule has 2 unspecified atom stereocenters. The number of ether oxygens (including phenoxy) is 1. The second-order valence-corrected chi connectivity index (χ2v) is 14.2. The Morgan fingerprint density at radius 1 is 0.935 bits per heavy atom. The van der Waals surface area contributed by atoms with Gasteiger partial charge in [0.15, 0.2) is 0 Å². The molecule has 0 saturated heterocycles. The highest BCUT2D eigenvalue weighted by molar-refractivity contribution is 8.17. The fraction of sp³-hybridized carbons (Fsp3) is 0.280. The molecular formula is C25H28Cl2NOPS. The molecule has 0 radical (unpaired) electrons. The molecule has 3 rings (SSSR count). The Labute approximate surface area is 201 Å². The fourth-order valence-corrected chi connectivity index (χ4v) is 9.13. The number of hydrogen-bond acceptors (Lipinski definition) is 2. The van der Waals surface area contributed by atoms with Crippen molar-refractivity contribution >= 4 is 46.5 Å². The van der Waals surface area contributed by atoms with Gasteiger partial charge in [-0.2, -0.15) is 0 Å². The molecule has 0 aliphatic heterocycles. The molecule has 3 aromatic carbocycles. The van der Waals surface area contributed by atoms with Gasteiger partial charge in [0.1, 0.15) is 11.5 Å². The molecule has 31 heavy (non-hydrogen) atoms. The van der Waals surface area contributed by atoms with Gasteiger partial charge in [0.2, 0.25) is 0 Å². The van der Waals surface area contributed by atoms with Crippen molar-refractivity contribution in [3.8, 4) is 11.5 Å². The highest BCUT2D eigenvalue weighted by atomic mass is 35.5. The van der Waals surface area contributed by atoms with Crippen molar-refractivity contribution in [3.05, 3.63) is 88.4 Å². The first-order chi connectivity index (χ1) is 14.6. The number of hydrogen-bond donors (Lipinski definition) is 1. The van der Waals surface area contributed by atoms with Crippen LogP contribution in [0.2, 0.25) is 10.0 Å². The second-order valence-electron chi connectivity index (χ2n) is 8.88. The van der Waals surface area contributed by atoms with Crippen LogP contribution in [-0.2, 0) is 11.8 Å². The van der Waals surface area contributed by atoms with Crippen molar-refractivity contribution in [1.29, 1.82) is 0 Å². The van der Waals surface area contributed by atoms with Crippen LogP contribution in [0, 0.1) is 5.41 Å². The van der Waals surface area contributed by atoms with Crippen LogP contribution in [0.25, 0.3) is 0 Å². The fourth-order valence-electron chi connectivity index (χ4n) is 3.49. The van der Waals surface area contributed by atoms with Crippen LogP contribution in [0.5, 0.6) is 11.5 Å². The molecule has 2 atom stereocenters. The van der Waals surface area contributed by atoms with Crippen molar-refractivity contribution in [2.24, 2.45) is 5.41 Å². The molecule has 0 fully saturated rings. The van der Waals surface area contributed by atoms with Gasteiger partial charge in [-0.1, -0.05) is 92.2 Å². The summed E-state index contributed by atoms with van der Waals surface area (Å²) in [5.41, 5.74) is 1.11. The minimum Gasteiger partial charge on any atom is -0.457 e. The summed E-state index contributed by atoms with van der Waals surface area (Å²) in [7, 11) is 0. The van der Waals surface area contributed by atoms with Crippen LogP contribution in [0.15, 0.2) is 72.8 Å². The first kappa shape index (κ1) is 24.3. The summed E-state index contributed by atoms with van der Waals surface area (Å²) < 4.78 is 5.91. The molecule has 0 spiro atoms. The van der Waals surface area contributed by atoms with Crippen LogP contribution in [-0.4, -0.2) is 6.16 Å². The summed E-state index contributed by atoms with van der Waals surface area (Å²) in [5.74, 6) is 1.39. The van der Waals surface area contributed by atoms with Gasteiger partial charge in [0, 0.05) is 22.3 Å². The van der Waals surface area contributed by atoms with Crippen LogP contribution < -0.4 is 15.1 Å². The minimum atomic E-state index is -2.03. The van der Waals surface area contributed by atoms with Crippen LogP contribution in [0.1, 0.15) is 39.3 Å². The third kappa shape index (κ3) is 6.81. The summed E-state index contributed by atoms with van der Waals surface area (Å²) in [6.07, 6.45) is -1.11. The van der Waals surface area contributed by atoms with E-state index in [9.17, 15) is 0 Å². The number of benzene rings is 3. The topological polar surface area (TPSA) is 21.3 Å². The molecule has 0 heterocycles. The predicted molar refractivity (Wildman–Crippen MR) is 139 cm³/mol. The van der Waals surface area contributed by atoms with Crippen LogP contribution in [0.3, 0.4) is 0 Å². The highest BCUT2D eigenvalue weighted by Gasteiger charge is 2.28. The average Bonchev–Trinajstić information content (AvgIpc) is 2.69. The van der Waals surface area contributed by atoms with E-state index in [4.69, 9.17) is 39.7 Å². The molecule has 0 bridgehead atoms. The van der Waals surface area contributed by atoms with Gasteiger partial charge < -0.3 is 4.74 Å². The Hall–Kier alpha value is -1.35. The average molecular weight is 492 g/mol. The quantitative estimate of drug-likeness (QED) is 0.336. The van der Waals surface area contributed by atoms with E-state index in [2.05, 4.69) is 57.0 Å².